The number of nitriles is 1. The van der Waals surface area contributed by atoms with Crippen LogP contribution >= 0.6 is 0 Å². The van der Waals surface area contributed by atoms with Crippen molar-refractivity contribution in [3.05, 3.63) is 11.4 Å². The second kappa shape index (κ2) is 2.33. The van der Waals surface area contributed by atoms with Crippen molar-refractivity contribution in [2.75, 3.05) is 6.54 Å². The first kappa shape index (κ1) is 6.98. The summed E-state index contributed by atoms with van der Waals surface area (Å²) < 4.78 is 0. The van der Waals surface area contributed by atoms with Crippen LogP contribution in [0.2, 0.25) is 0 Å². The van der Waals surface area contributed by atoms with E-state index < -0.39 is 5.41 Å². The molecule has 42 valence electrons. The lowest BCUT2D eigenvalue weighted by Crippen LogP contribution is -2.10. The van der Waals surface area contributed by atoms with Gasteiger partial charge in [-0.25, -0.2) is 6.57 Å². The summed E-state index contributed by atoms with van der Waals surface area (Å²) in [5.41, 5.74) is -0.457. The first-order valence-electron chi connectivity index (χ1n) is 2.37. The third-order valence-electron chi connectivity index (χ3n) is 0.777. The lowest BCUT2D eigenvalue weighted by molar-refractivity contribution is 0.544. The summed E-state index contributed by atoms with van der Waals surface area (Å²) in [5.74, 6) is 0. The van der Waals surface area contributed by atoms with Crippen molar-refractivity contribution in [3.8, 4) is 6.07 Å². The van der Waals surface area contributed by atoms with Crippen LogP contribution in [0.3, 0.4) is 0 Å². The van der Waals surface area contributed by atoms with E-state index in [9.17, 15) is 0 Å². The van der Waals surface area contributed by atoms with E-state index in [1.54, 1.807) is 13.8 Å². The van der Waals surface area contributed by atoms with Gasteiger partial charge in [0.15, 0.2) is 0 Å². The minimum absolute atomic E-state index is 0.295. The van der Waals surface area contributed by atoms with Crippen LogP contribution in [0.1, 0.15) is 13.8 Å². The number of nitrogens with zero attached hydrogens (tertiary/aromatic N) is 2. The third-order valence-corrected chi connectivity index (χ3v) is 0.777. The average Bonchev–Trinajstić information content (AvgIpc) is 1.67. The Morgan fingerprint density at radius 2 is 2.25 bits per heavy atom. The van der Waals surface area contributed by atoms with Crippen molar-refractivity contribution in [2.24, 2.45) is 5.41 Å². The van der Waals surface area contributed by atoms with Crippen LogP contribution in [0.4, 0.5) is 0 Å². The highest BCUT2D eigenvalue weighted by Gasteiger charge is 2.19. The monoisotopic (exact) mass is 108 g/mol. The quantitative estimate of drug-likeness (QED) is 0.467. The van der Waals surface area contributed by atoms with E-state index in [4.69, 9.17) is 11.8 Å². The largest absolute Gasteiger partial charge is 0.315 e. The summed E-state index contributed by atoms with van der Waals surface area (Å²) >= 11 is 0. The average molecular weight is 108 g/mol. The SMILES string of the molecule is [C-]#[N+]CC(C)(C)C#N. The minimum atomic E-state index is -0.457. The van der Waals surface area contributed by atoms with Crippen LogP contribution in [0.5, 0.6) is 0 Å². The fraction of sp³-hybridized carbons (Fsp3) is 0.667. The van der Waals surface area contributed by atoms with Crippen LogP contribution in [0.15, 0.2) is 0 Å². The molecule has 0 radical (unpaired) electrons. The maximum absolute atomic E-state index is 8.33. The molecule has 0 aromatic carbocycles. The Morgan fingerprint density at radius 1 is 1.75 bits per heavy atom. The van der Waals surface area contributed by atoms with E-state index in [2.05, 4.69) is 4.85 Å². The fourth-order valence-corrected chi connectivity index (χ4v) is 0.233. The molecule has 0 saturated carbocycles. The predicted molar refractivity (Wildman–Crippen MR) is 30.9 cm³/mol. The van der Waals surface area contributed by atoms with E-state index in [-0.39, 0.29) is 0 Å². The second-order valence-corrected chi connectivity index (χ2v) is 2.31. The maximum atomic E-state index is 8.33. The maximum Gasteiger partial charge on any atom is 0.232 e. The van der Waals surface area contributed by atoms with Crippen molar-refractivity contribution in [2.45, 2.75) is 13.8 Å². The van der Waals surface area contributed by atoms with E-state index in [0.29, 0.717) is 6.54 Å². The summed E-state index contributed by atoms with van der Waals surface area (Å²) in [7, 11) is 0. The van der Waals surface area contributed by atoms with E-state index in [1.807, 2.05) is 6.07 Å². The van der Waals surface area contributed by atoms with Crippen molar-refractivity contribution in [1.82, 2.24) is 0 Å². The zero-order valence-electron chi connectivity index (χ0n) is 5.10. The first-order chi connectivity index (χ1) is 3.62. The normalized spacial score (nSPS) is 9.50. The highest BCUT2D eigenvalue weighted by atomic mass is 14.7. The number of rotatable bonds is 1. The van der Waals surface area contributed by atoms with Crippen LogP contribution in [0, 0.1) is 23.3 Å². The Hall–Kier alpha value is -1.02. The van der Waals surface area contributed by atoms with Gasteiger partial charge >= 0.3 is 0 Å². The molecule has 0 aromatic heterocycles. The first-order valence-corrected chi connectivity index (χ1v) is 2.37. The molecule has 0 aliphatic rings. The van der Waals surface area contributed by atoms with Crippen LogP contribution in [0.25, 0.3) is 4.85 Å². The van der Waals surface area contributed by atoms with Crippen molar-refractivity contribution in [1.29, 1.82) is 5.26 Å². The molecule has 0 aromatic rings. The molecule has 0 bridgehead atoms. The molecule has 0 unspecified atom stereocenters. The molecular formula is C6H8N2. The molecule has 0 amide bonds. The molecule has 0 aliphatic heterocycles. The van der Waals surface area contributed by atoms with Crippen LogP contribution in [-0.2, 0) is 0 Å². The molecule has 2 nitrogen and oxygen atoms in total. The smallest absolute Gasteiger partial charge is 0.232 e. The molecule has 0 aliphatic carbocycles. The van der Waals surface area contributed by atoms with Crippen molar-refractivity contribution >= 4 is 0 Å². The Kier molecular flexibility index (Phi) is 2.03. The molecule has 0 rings (SSSR count). The lowest BCUT2D eigenvalue weighted by atomic mass is 9.97. The van der Waals surface area contributed by atoms with Gasteiger partial charge in [0.25, 0.3) is 0 Å². The van der Waals surface area contributed by atoms with Crippen LogP contribution < -0.4 is 0 Å². The molecule has 0 saturated heterocycles. The van der Waals surface area contributed by atoms with Crippen molar-refractivity contribution < 1.29 is 0 Å². The summed E-state index contributed by atoms with van der Waals surface area (Å²) in [4.78, 5) is 3.11. The molecule has 2 heteroatoms. The molecule has 0 heterocycles. The molecule has 8 heavy (non-hydrogen) atoms. The summed E-state index contributed by atoms with van der Waals surface area (Å²) in [6.07, 6.45) is 0. The van der Waals surface area contributed by atoms with Gasteiger partial charge in [0.1, 0.15) is 5.41 Å². The van der Waals surface area contributed by atoms with Gasteiger partial charge in [0.2, 0.25) is 6.54 Å². The zero-order chi connectivity index (χ0) is 6.62. The van der Waals surface area contributed by atoms with Gasteiger partial charge in [-0.2, -0.15) is 5.26 Å². The Bertz CT molecular complexity index is 145. The topological polar surface area (TPSA) is 28.1 Å². The van der Waals surface area contributed by atoms with Gasteiger partial charge in [-0.05, 0) is 13.8 Å². The summed E-state index contributed by atoms with van der Waals surface area (Å²) in [6.45, 7) is 10.2. The number of hydrogen-bond donors (Lipinski definition) is 0. The van der Waals surface area contributed by atoms with E-state index >= 15 is 0 Å². The van der Waals surface area contributed by atoms with Gasteiger partial charge in [-0.15, -0.1) is 0 Å². The van der Waals surface area contributed by atoms with E-state index in [1.165, 1.54) is 0 Å². The minimum Gasteiger partial charge on any atom is -0.315 e. The molecule has 0 N–H and O–H groups in total. The van der Waals surface area contributed by atoms with Gasteiger partial charge < -0.3 is 4.85 Å². The van der Waals surface area contributed by atoms with Gasteiger partial charge in [-0.3, -0.25) is 0 Å². The highest BCUT2D eigenvalue weighted by molar-refractivity contribution is 4.96. The van der Waals surface area contributed by atoms with E-state index in [0.717, 1.165) is 0 Å². The van der Waals surface area contributed by atoms with Crippen LogP contribution in [-0.4, -0.2) is 6.54 Å². The van der Waals surface area contributed by atoms with Gasteiger partial charge in [-0.1, -0.05) is 0 Å². The number of hydrogen-bond acceptors (Lipinski definition) is 1. The molecule has 0 fully saturated rings. The zero-order valence-corrected chi connectivity index (χ0v) is 5.10. The molecule has 0 atom stereocenters. The van der Waals surface area contributed by atoms with Gasteiger partial charge in [0.05, 0.1) is 6.07 Å². The van der Waals surface area contributed by atoms with Gasteiger partial charge in [0, 0.05) is 0 Å². The Balaban J connectivity index is 3.82. The van der Waals surface area contributed by atoms with Crippen molar-refractivity contribution in [3.63, 3.8) is 0 Å². The Morgan fingerprint density at radius 3 is 2.38 bits per heavy atom. The lowest BCUT2D eigenvalue weighted by Gasteiger charge is -2.03. The predicted octanol–water partition coefficient (Wildman–Crippen LogP) is 1.46. The standard InChI is InChI=1S/C6H8N2/c1-6(2,4-7)5-8-3/h5H2,1-2H3. The molecular weight excluding hydrogens is 100 g/mol. The summed E-state index contributed by atoms with van der Waals surface area (Å²) in [5, 5.41) is 8.33. The molecule has 0 spiro atoms. The second-order valence-electron chi connectivity index (χ2n) is 2.31. The third kappa shape index (κ3) is 2.21. The Labute approximate surface area is 49.6 Å². The highest BCUT2D eigenvalue weighted by Crippen LogP contribution is 2.12. The summed E-state index contributed by atoms with van der Waals surface area (Å²) in [6, 6.07) is 2.03. The fourth-order valence-electron chi connectivity index (χ4n) is 0.233.